The van der Waals surface area contributed by atoms with Crippen LogP contribution in [0.1, 0.15) is 6.42 Å². The monoisotopic (exact) mass is 346 g/mol. The van der Waals surface area contributed by atoms with Gasteiger partial charge in [-0.2, -0.15) is 0 Å². The van der Waals surface area contributed by atoms with Crippen molar-refractivity contribution in [3.8, 4) is 5.75 Å². The van der Waals surface area contributed by atoms with Crippen molar-refractivity contribution in [3.63, 3.8) is 0 Å². The average molecular weight is 346 g/mol. The zero-order valence-corrected chi connectivity index (χ0v) is 13.5. The van der Waals surface area contributed by atoms with E-state index in [0.29, 0.717) is 17.5 Å². The van der Waals surface area contributed by atoms with Gasteiger partial charge in [-0.3, -0.25) is 9.59 Å². The van der Waals surface area contributed by atoms with Gasteiger partial charge in [-0.1, -0.05) is 0 Å². The van der Waals surface area contributed by atoms with Gasteiger partial charge >= 0.3 is 0 Å². The van der Waals surface area contributed by atoms with Gasteiger partial charge in [0.25, 0.3) is 0 Å². The van der Waals surface area contributed by atoms with Gasteiger partial charge in [0.15, 0.2) is 0 Å². The third-order valence-electron chi connectivity index (χ3n) is 4.07. The zero-order valence-electron chi connectivity index (χ0n) is 13.5. The summed E-state index contributed by atoms with van der Waals surface area (Å²) in [5.41, 5.74) is 0.552. The van der Waals surface area contributed by atoms with Gasteiger partial charge in [0.2, 0.25) is 11.8 Å². The lowest BCUT2D eigenvalue weighted by molar-refractivity contribution is -0.122. The van der Waals surface area contributed by atoms with Crippen molar-refractivity contribution < 1.29 is 23.1 Å². The van der Waals surface area contributed by atoms with Crippen LogP contribution in [0.3, 0.4) is 0 Å². The van der Waals surface area contributed by atoms with Crippen molar-refractivity contribution in [2.75, 3.05) is 23.9 Å². The molecule has 130 valence electrons. The minimum absolute atomic E-state index is 0.0284. The van der Waals surface area contributed by atoms with Crippen molar-refractivity contribution in [2.45, 2.75) is 6.42 Å². The second kappa shape index (κ2) is 6.88. The molecule has 1 heterocycles. The quantitative estimate of drug-likeness (QED) is 0.926. The number of carbonyl (C=O) groups is 2. The lowest BCUT2D eigenvalue weighted by Gasteiger charge is -2.17. The SMILES string of the molecule is COc1ccc(N2C[C@@H](C(=O)Nc3ccc(F)cc3F)CC2=O)cc1. The number of benzene rings is 2. The third-order valence-corrected chi connectivity index (χ3v) is 4.07. The predicted molar refractivity (Wildman–Crippen MR) is 88.4 cm³/mol. The summed E-state index contributed by atoms with van der Waals surface area (Å²) in [6.07, 6.45) is 0.0284. The number of halogens is 2. The fourth-order valence-electron chi connectivity index (χ4n) is 2.72. The van der Waals surface area contributed by atoms with E-state index in [9.17, 15) is 18.4 Å². The lowest BCUT2D eigenvalue weighted by atomic mass is 10.1. The first-order valence-corrected chi connectivity index (χ1v) is 7.68. The Morgan fingerprint density at radius 3 is 2.56 bits per heavy atom. The topological polar surface area (TPSA) is 58.6 Å². The van der Waals surface area contributed by atoms with E-state index in [-0.39, 0.29) is 24.6 Å². The molecule has 1 atom stereocenters. The Labute approximate surface area is 143 Å². The van der Waals surface area contributed by atoms with Crippen LogP contribution in [0.25, 0.3) is 0 Å². The van der Waals surface area contributed by atoms with E-state index in [2.05, 4.69) is 5.32 Å². The highest BCUT2D eigenvalue weighted by molar-refractivity contribution is 6.03. The Balaban J connectivity index is 1.69. The molecule has 1 saturated heterocycles. The number of rotatable bonds is 4. The minimum Gasteiger partial charge on any atom is -0.497 e. The van der Waals surface area contributed by atoms with Crippen LogP contribution in [0.5, 0.6) is 5.75 Å². The van der Waals surface area contributed by atoms with E-state index in [0.717, 1.165) is 12.1 Å². The molecule has 1 fully saturated rings. The van der Waals surface area contributed by atoms with Crippen molar-refractivity contribution in [1.82, 2.24) is 0 Å². The molecule has 2 aromatic rings. The molecule has 1 aliphatic rings. The number of ether oxygens (including phenoxy) is 1. The summed E-state index contributed by atoms with van der Waals surface area (Å²) in [5, 5.41) is 2.41. The number of carbonyl (C=O) groups excluding carboxylic acids is 2. The molecule has 5 nitrogen and oxygen atoms in total. The van der Waals surface area contributed by atoms with Crippen molar-refractivity contribution in [1.29, 1.82) is 0 Å². The van der Waals surface area contributed by atoms with Gasteiger partial charge in [-0.25, -0.2) is 8.78 Å². The molecule has 1 aliphatic heterocycles. The van der Waals surface area contributed by atoms with Gasteiger partial charge in [0, 0.05) is 24.7 Å². The van der Waals surface area contributed by atoms with Gasteiger partial charge in [0.05, 0.1) is 18.7 Å². The average Bonchev–Trinajstić information content (AvgIpc) is 2.99. The third kappa shape index (κ3) is 3.60. The number of anilines is 2. The van der Waals surface area contributed by atoms with Gasteiger partial charge in [-0.05, 0) is 36.4 Å². The van der Waals surface area contributed by atoms with Crippen LogP contribution in [-0.4, -0.2) is 25.5 Å². The first-order valence-electron chi connectivity index (χ1n) is 7.68. The maximum Gasteiger partial charge on any atom is 0.229 e. The number of nitrogens with one attached hydrogen (secondary N) is 1. The summed E-state index contributed by atoms with van der Waals surface area (Å²) in [6.45, 7) is 0.194. The number of methoxy groups -OCH3 is 1. The second-order valence-electron chi connectivity index (χ2n) is 5.72. The van der Waals surface area contributed by atoms with Crippen LogP contribution in [0.2, 0.25) is 0 Å². The van der Waals surface area contributed by atoms with E-state index < -0.39 is 23.5 Å². The van der Waals surface area contributed by atoms with E-state index in [1.165, 1.54) is 4.90 Å². The summed E-state index contributed by atoms with van der Waals surface area (Å²) >= 11 is 0. The summed E-state index contributed by atoms with van der Waals surface area (Å²) in [4.78, 5) is 26.0. The number of amides is 2. The van der Waals surface area contributed by atoms with Crippen molar-refractivity contribution >= 4 is 23.2 Å². The summed E-state index contributed by atoms with van der Waals surface area (Å²) in [7, 11) is 1.55. The Kier molecular flexibility index (Phi) is 4.65. The predicted octanol–water partition coefficient (Wildman–Crippen LogP) is 2.97. The maximum atomic E-state index is 13.6. The highest BCUT2D eigenvalue weighted by atomic mass is 19.1. The van der Waals surface area contributed by atoms with Crippen LogP contribution < -0.4 is 15.0 Å². The smallest absolute Gasteiger partial charge is 0.229 e. The highest BCUT2D eigenvalue weighted by Crippen LogP contribution is 2.28. The van der Waals surface area contributed by atoms with Crippen LogP contribution >= 0.6 is 0 Å². The Morgan fingerprint density at radius 1 is 1.20 bits per heavy atom. The number of nitrogens with zero attached hydrogens (tertiary/aromatic N) is 1. The molecule has 7 heteroatoms. The lowest BCUT2D eigenvalue weighted by Crippen LogP contribution is -2.28. The van der Waals surface area contributed by atoms with Crippen LogP contribution in [0.4, 0.5) is 20.2 Å². The highest BCUT2D eigenvalue weighted by Gasteiger charge is 2.35. The first kappa shape index (κ1) is 16.9. The normalized spacial score (nSPS) is 16.8. The number of hydrogen-bond acceptors (Lipinski definition) is 3. The molecule has 0 spiro atoms. The fraction of sp³-hybridized carbons (Fsp3) is 0.222. The molecule has 0 saturated carbocycles. The summed E-state index contributed by atoms with van der Waals surface area (Å²) in [5.74, 6) is -2.20. The molecule has 0 unspecified atom stereocenters. The van der Waals surface area contributed by atoms with Crippen LogP contribution in [0, 0.1) is 17.6 Å². The number of hydrogen-bond donors (Lipinski definition) is 1. The molecule has 0 aliphatic carbocycles. The molecule has 0 bridgehead atoms. The standard InChI is InChI=1S/C18H16F2N2O3/c1-25-14-5-3-13(4-6-14)22-10-11(8-17(22)23)18(24)21-16-7-2-12(19)9-15(16)20/h2-7,9,11H,8,10H2,1H3,(H,21,24)/t11-/m0/s1. The molecule has 0 radical (unpaired) electrons. The van der Waals surface area contributed by atoms with E-state index >= 15 is 0 Å². The molecule has 2 amide bonds. The summed E-state index contributed by atoms with van der Waals surface area (Å²) < 4.78 is 31.6. The van der Waals surface area contributed by atoms with Gasteiger partial charge < -0.3 is 15.0 Å². The second-order valence-corrected chi connectivity index (χ2v) is 5.72. The van der Waals surface area contributed by atoms with Crippen molar-refractivity contribution in [3.05, 3.63) is 54.1 Å². The molecular formula is C18H16F2N2O3. The van der Waals surface area contributed by atoms with E-state index in [1.807, 2.05) is 0 Å². The maximum absolute atomic E-state index is 13.6. The van der Waals surface area contributed by atoms with E-state index in [4.69, 9.17) is 4.74 Å². The zero-order chi connectivity index (χ0) is 18.0. The summed E-state index contributed by atoms with van der Waals surface area (Å²) in [6, 6.07) is 9.82. The molecular weight excluding hydrogens is 330 g/mol. The molecule has 1 N–H and O–H groups in total. The molecule has 0 aromatic heterocycles. The van der Waals surface area contributed by atoms with Crippen LogP contribution in [-0.2, 0) is 9.59 Å². The Hall–Kier alpha value is -2.96. The molecule has 25 heavy (non-hydrogen) atoms. The molecule has 2 aromatic carbocycles. The Morgan fingerprint density at radius 2 is 1.92 bits per heavy atom. The Bertz CT molecular complexity index is 808. The largest absolute Gasteiger partial charge is 0.497 e. The van der Waals surface area contributed by atoms with Gasteiger partial charge in [-0.15, -0.1) is 0 Å². The minimum atomic E-state index is -0.857. The van der Waals surface area contributed by atoms with Crippen LogP contribution in [0.15, 0.2) is 42.5 Å². The first-order chi connectivity index (χ1) is 12.0. The van der Waals surface area contributed by atoms with Gasteiger partial charge in [0.1, 0.15) is 17.4 Å². The van der Waals surface area contributed by atoms with Crippen molar-refractivity contribution in [2.24, 2.45) is 5.92 Å². The van der Waals surface area contributed by atoms with E-state index in [1.54, 1.807) is 31.4 Å². The fourth-order valence-corrected chi connectivity index (χ4v) is 2.72. The molecule has 3 rings (SSSR count).